The molecule has 2 aromatic rings. The van der Waals surface area contributed by atoms with Gasteiger partial charge < -0.3 is 9.32 Å². The molecule has 0 bridgehead atoms. The van der Waals surface area contributed by atoms with Gasteiger partial charge >= 0.3 is 0 Å². The number of rotatable bonds is 4. The Morgan fingerprint density at radius 1 is 1.28 bits per heavy atom. The van der Waals surface area contributed by atoms with Crippen molar-refractivity contribution in [3.63, 3.8) is 0 Å². The van der Waals surface area contributed by atoms with Crippen molar-refractivity contribution in [2.75, 3.05) is 18.5 Å². The van der Waals surface area contributed by atoms with Gasteiger partial charge in [0.15, 0.2) is 0 Å². The number of piperidine rings is 1. The predicted octanol–water partition coefficient (Wildman–Crippen LogP) is 1.68. The lowest BCUT2D eigenvalue weighted by atomic mass is 9.97. The minimum atomic E-state index is -0.275. The van der Waals surface area contributed by atoms with Crippen LogP contribution in [0.3, 0.4) is 0 Å². The van der Waals surface area contributed by atoms with E-state index >= 15 is 0 Å². The number of carbonyl (C=O) groups is 2. The van der Waals surface area contributed by atoms with Gasteiger partial charge in [-0.1, -0.05) is 0 Å². The second-order valence-corrected chi connectivity index (χ2v) is 6.19. The molecular formula is C17H21N5O3. The van der Waals surface area contributed by atoms with Crippen molar-refractivity contribution < 1.29 is 14.0 Å². The summed E-state index contributed by atoms with van der Waals surface area (Å²) in [5.74, 6) is -0.208. The summed E-state index contributed by atoms with van der Waals surface area (Å²) < 4.78 is 4.96. The van der Waals surface area contributed by atoms with E-state index in [1.807, 2.05) is 19.9 Å². The number of hydrazine groups is 1. The van der Waals surface area contributed by atoms with Gasteiger partial charge in [0.05, 0.1) is 17.7 Å². The Bertz CT molecular complexity index is 739. The number of aryl methyl sites for hydroxylation is 2. The molecule has 0 saturated carbocycles. The second kappa shape index (κ2) is 7.33. The van der Waals surface area contributed by atoms with Crippen molar-refractivity contribution in [3.8, 4) is 0 Å². The highest BCUT2D eigenvalue weighted by Crippen LogP contribution is 2.19. The zero-order valence-corrected chi connectivity index (χ0v) is 14.3. The van der Waals surface area contributed by atoms with E-state index in [9.17, 15) is 9.59 Å². The number of furan rings is 1. The standard InChI is InChI=1S/C17H21N5O3/c1-11-8-12(2)19-17(18-11)21-20-15(23)13-4-3-6-22(9-13)16(24)14-5-7-25-10-14/h5,7-8,10,13H,3-4,6,9H2,1-2H3,(H,20,23)(H,18,19,21). The molecule has 0 radical (unpaired) electrons. The summed E-state index contributed by atoms with van der Waals surface area (Å²) in [6.07, 6.45) is 4.40. The van der Waals surface area contributed by atoms with Gasteiger partial charge in [-0.15, -0.1) is 0 Å². The fraction of sp³-hybridized carbons (Fsp3) is 0.412. The molecule has 2 N–H and O–H groups in total. The molecule has 2 amide bonds. The number of nitrogens with zero attached hydrogens (tertiary/aromatic N) is 3. The number of amides is 2. The van der Waals surface area contributed by atoms with Gasteiger partial charge in [-0.05, 0) is 38.8 Å². The molecule has 1 saturated heterocycles. The van der Waals surface area contributed by atoms with E-state index in [0.29, 0.717) is 24.6 Å². The molecule has 3 heterocycles. The van der Waals surface area contributed by atoms with Crippen LogP contribution in [0.4, 0.5) is 5.95 Å². The molecule has 1 unspecified atom stereocenters. The SMILES string of the molecule is Cc1cc(C)nc(NNC(=O)C2CCCN(C(=O)c3ccoc3)C2)n1. The number of anilines is 1. The lowest BCUT2D eigenvalue weighted by Gasteiger charge is -2.31. The van der Waals surface area contributed by atoms with Crippen LogP contribution in [-0.4, -0.2) is 39.8 Å². The van der Waals surface area contributed by atoms with Crippen LogP contribution in [0.5, 0.6) is 0 Å². The molecule has 0 spiro atoms. The molecule has 3 rings (SSSR count). The Labute approximate surface area is 145 Å². The molecule has 0 aliphatic carbocycles. The van der Waals surface area contributed by atoms with E-state index in [1.54, 1.807) is 11.0 Å². The van der Waals surface area contributed by atoms with Crippen molar-refractivity contribution >= 4 is 17.8 Å². The van der Waals surface area contributed by atoms with Crippen LogP contribution in [0.2, 0.25) is 0 Å². The molecule has 1 aliphatic rings. The predicted molar refractivity (Wildman–Crippen MR) is 90.6 cm³/mol. The van der Waals surface area contributed by atoms with Crippen molar-refractivity contribution in [2.45, 2.75) is 26.7 Å². The van der Waals surface area contributed by atoms with Crippen LogP contribution < -0.4 is 10.9 Å². The van der Waals surface area contributed by atoms with Gasteiger partial charge in [-0.2, -0.15) is 0 Å². The molecule has 1 fully saturated rings. The summed E-state index contributed by atoms with van der Waals surface area (Å²) in [4.78, 5) is 34.9. The minimum absolute atomic E-state index is 0.114. The first kappa shape index (κ1) is 16.9. The molecule has 8 nitrogen and oxygen atoms in total. The normalized spacial score (nSPS) is 17.2. The number of nitrogens with one attached hydrogen (secondary N) is 2. The van der Waals surface area contributed by atoms with Crippen molar-refractivity contribution in [1.29, 1.82) is 0 Å². The van der Waals surface area contributed by atoms with E-state index < -0.39 is 0 Å². The zero-order chi connectivity index (χ0) is 17.8. The highest BCUT2D eigenvalue weighted by atomic mass is 16.3. The lowest BCUT2D eigenvalue weighted by Crippen LogP contribution is -2.46. The molecule has 132 valence electrons. The number of hydrogen-bond acceptors (Lipinski definition) is 6. The maximum atomic E-state index is 12.4. The molecule has 8 heteroatoms. The molecule has 1 aliphatic heterocycles. The number of carbonyl (C=O) groups excluding carboxylic acids is 2. The molecule has 1 atom stereocenters. The van der Waals surface area contributed by atoms with Crippen molar-refractivity contribution in [1.82, 2.24) is 20.3 Å². The topological polar surface area (TPSA) is 100 Å². The first-order valence-electron chi connectivity index (χ1n) is 8.22. The summed E-state index contributed by atoms with van der Waals surface area (Å²) in [5, 5.41) is 0. The maximum absolute atomic E-state index is 12.4. The average Bonchev–Trinajstić information content (AvgIpc) is 3.13. The third kappa shape index (κ3) is 4.14. The van der Waals surface area contributed by atoms with E-state index in [2.05, 4.69) is 20.8 Å². The Balaban J connectivity index is 1.57. The van der Waals surface area contributed by atoms with Crippen molar-refractivity contribution in [2.24, 2.45) is 5.92 Å². The maximum Gasteiger partial charge on any atom is 0.257 e. The van der Waals surface area contributed by atoms with Gasteiger partial charge in [0, 0.05) is 24.5 Å². The largest absolute Gasteiger partial charge is 0.472 e. The van der Waals surface area contributed by atoms with Crippen LogP contribution in [0, 0.1) is 19.8 Å². The monoisotopic (exact) mass is 343 g/mol. The highest BCUT2D eigenvalue weighted by molar-refractivity contribution is 5.94. The Morgan fingerprint density at radius 3 is 2.72 bits per heavy atom. The fourth-order valence-corrected chi connectivity index (χ4v) is 2.95. The van der Waals surface area contributed by atoms with Crippen LogP contribution in [0.25, 0.3) is 0 Å². The number of aromatic nitrogens is 2. The number of likely N-dealkylation sites (tertiary alicyclic amines) is 1. The summed E-state index contributed by atoms with van der Waals surface area (Å²) in [7, 11) is 0. The summed E-state index contributed by atoms with van der Waals surface area (Å²) in [6.45, 7) is 4.75. The van der Waals surface area contributed by atoms with E-state index in [-0.39, 0.29) is 17.7 Å². The summed E-state index contributed by atoms with van der Waals surface area (Å²) in [5.41, 5.74) is 7.54. The quantitative estimate of drug-likeness (QED) is 0.819. The minimum Gasteiger partial charge on any atom is -0.472 e. The first-order chi connectivity index (χ1) is 12.0. The first-order valence-corrected chi connectivity index (χ1v) is 8.22. The van der Waals surface area contributed by atoms with Gasteiger partial charge in [-0.25, -0.2) is 9.97 Å². The summed E-state index contributed by atoms with van der Waals surface area (Å²) >= 11 is 0. The Kier molecular flexibility index (Phi) is 4.97. The Hall–Kier alpha value is -2.90. The van der Waals surface area contributed by atoms with Crippen LogP contribution >= 0.6 is 0 Å². The third-order valence-corrected chi connectivity index (χ3v) is 4.13. The third-order valence-electron chi connectivity index (χ3n) is 4.13. The molecule has 0 aromatic carbocycles. The van der Waals surface area contributed by atoms with E-state index in [1.165, 1.54) is 12.5 Å². The number of hydrogen-bond donors (Lipinski definition) is 2. The fourth-order valence-electron chi connectivity index (χ4n) is 2.95. The van der Waals surface area contributed by atoms with Crippen molar-refractivity contribution in [3.05, 3.63) is 41.6 Å². The van der Waals surface area contributed by atoms with Gasteiger partial charge in [0.25, 0.3) is 5.91 Å². The summed E-state index contributed by atoms with van der Waals surface area (Å²) in [6, 6.07) is 3.48. The Morgan fingerprint density at radius 2 is 2.04 bits per heavy atom. The molecular weight excluding hydrogens is 322 g/mol. The second-order valence-electron chi connectivity index (χ2n) is 6.19. The van der Waals surface area contributed by atoms with Crippen LogP contribution in [0.15, 0.2) is 29.1 Å². The average molecular weight is 343 g/mol. The molecule has 25 heavy (non-hydrogen) atoms. The molecule has 2 aromatic heterocycles. The van der Waals surface area contributed by atoms with Crippen LogP contribution in [0.1, 0.15) is 34.6 Å². The lowest BCUT2D eigenvalue weighted by molar-refractivity contribution is -0.125. The van der Waals surface area contributed by atoms with Gasteiger partial charge in [0.1, 0.15) is 6.26 Å². The van der Waals surface area contributed by atoms with Crippen LogP contribution in [-0.2, 0) is 4.79 Å². The van der Waals surface area contributed by atoms with Gasteiger partial charge in [-0.3, -0.25) is 20.4 Å². The highest BCUT2D eigenvalue weighted by Gasteiger charge is 2.29. The van der Waals surface area contributed by atoms with E-state index in [4.69, 9.17) is 4.42 Å². The zero-order valence-electron chi connectivity index (χ0n) is 14.3. The van der Waals surface area contributed by atoms with E-state index in [0.717, 1.165) is 24.2 Å². The van der Waals surface area contributed by atoms with Gasteiger partial charge in [0.2, 0.25) is 11.9 Å². The smallest absolute Gasteiger partial charge is 0.257 e.